The van der Waals surface area contributed by atoms with Crippen molar-refractivity contribution in [2.75, 3.05) is 23.9 Å². The third-order valence-corrected chi connectivity index (χ3v) is 4.64. The Balaban J connectivity index is 1.74. The van der Waals surface area contributed by atoms with E-state index in [1.54, 1.807) is 37.7 Å². The first-order valence-corrected chi connectivity index (χ1v) is 8.26. The molecule has 3 rings (SSSR count). The number of methoxy groups -OCH3 is 1. The van der Waals surface area contributed by atoms with E-state index in [1.807, 2.05) is 12.1 Å². The van der Waals surface area contributed by atoms with Crippen molar-refractivity contribution in [2.45, 2.75) is 31.5 Å². The number of aromatic carboxylic acids is 1. The second-order valence-corrected chi connectivity index (χ2v) is 6.10. The van der Waals surface area contributed by atoms with Crippen molar-refractivity contribution in [3.05, 3.63) is 48.3 Å². The number of hydrogen-bond acceptors (Lipinski definition) is 6. The highest BCUT2D eigenvalue weighted by atomic mass is 16.5. The van der Waals surface area contributed by atoms with Gasteiger partial charge in [0.2, 0.25) is 5.95 Å². The van der Waals surface area contributed by atoms with Crippen LogP contribution in [0.2, 0.25) is 0 Å². The summed E-state index contributed by atoms with van der Waals surface area (Å²) >= 11 is 0. The number of anilines is 2. The molecule has 0 spiro atoms. The van der Waals surface area contributed by atoms with E-state index < -0.39 is 5.97 Å². The number of piperidine rings is 1. The van der Waals surface area contributed by atoms with Gasteiger partial charge in [-0.2, -0.15) is 0 Å². The van der Waals surface area contributed by atoms with E-state index in [-0.39, 0.29) is 23.8 Å². The summed E-state index contributed by atoms with van der Waals surface area (Å²) in [6.07, 6.45) is 4.23. The van der Waals surface area contributed by atoms with Crippen molar-refractivity contribution in [3.63, 3.8) is 0 Å². The number of carbonyl (C=O) groups is 1. The highest BCUT2D eigenvalue weighted by molar-refractivity contribution is 5.88. The molecule has 0 radical (unpaired) electrons. The van der Waals surface area contributed by atoms with E-state index in [0.29, 0.717) is 5.95 Å². The largest absolute Gasteiger partial charge is 0.478 e. The molecule has 7 heteroatoms. The van der Waals surface area contributed by atoms with Crippen molar-refractivity contribution in [1.29, 1.82) is 0 Å². The molecule has 1 fully saturated rings. The average Bonchev–Trinajstić information content (AvgIpc) is 2.63. The second kappa shape index (κ2) is 7.48. The topological polar surface area (TPSA) is 87.6 Å². The maximum atomic E-state index is 11.0. The Labute approximate surface area is 146 Å². The monoisotopic (exact) mass is 342 g/mol. The minimum absolute atomic E-state index is 0.0447. The Hall–Kier alpha value is -2.67. The third kappa shape index (κ3) is 3.71. The molecule has 1 aliphatic heterocycles. The number of carboxylic acids is 1. The van der Waals surface area contributed by atoms with Gasteiger partial charge in [-0.1, -0.05) is 0 Å². The van der Waals surface area contributed by atoms with Crippen LogP contribution in [0.25, 0.3) is 0 Å². The van der Waals surface area contributed by atoms with Gasteiger partial charge in [-0.25, -0.2) is 14.8 Å². The lowest BCUT2D eigenvalue weighted by Crippen LogP contribution is -2.56. The molecule has 0 aliphatic carbocycles. The fourth-order valence-electron chi connectivity index (χ4n) is 3.37. The average molecular weight is 342 g/mol. The van der Waals surface area contributed by atoms with Crippen LogP contribution in [0, 0.1) is 0 Å². The zero-order valence-electron chi connectivity index (χ0n) is 14.3. The van der Waals surface area contributed by atoms with Gasteiger partial charge in [-0.15, -0.1) is 0 Å². The van der Waals surface area contributed by atoms with Crippen LogP contribution in [0.5, 0.6) is 0 Å². The summed E-state index contributed by atoms with van der Waals surface area (Å²) in [5, 5.41) is 12.4. The second-order valence-electron chi connectivity index (χ2n) is 6.10. The first-order chi connectivity index (χ1) is 12.1. The van der Waals surface area contributed by atoms with Gasteiger partial charge in [0.1, 0.15) is 0 Å². The molecule has 2 N–H and O–H groups in total. The highest BCUT2D eigenvalue weighted by Gasteiger charge is 2.36. The number of hydrogen-bond donors (Lipinski definition) is 2. The number of rotatable bonds is 5. The number of carboxylic acid groups (broad SMARTS) is 1. The van der Waals surface area contributed by atoms with Gasteiger partial charge in [0.15, 0.2) is 0 Å². The van der Waals surface area contributed by atoms with Crippen molar-refractivity contribution in [3.8, 4) is 0 Å². The van der Waals surface area contributed by atoms with Crippen LogP contribution in [0.3, 0.4) is 0 Å². The van der Waals surface area contributed by atoms with Crippen LogP contribution in [0.1, 0.15) is 23.7 Å². The van der Waals surface area contributed by atoms with Crippen LogP contribution >= 0.6 is 0 Å². The molecule has 1 saturated heterocycles. The van der Waals surface area contributed by atoms with Gasteiger partial charge in [0, 0.05) is 31.7 Å². The predicted molar refractivity (Wildman–Crippen MR) is 95.1 cm³/mol. The fourth-order valence-corrected chi connectivity index (χ4v) is 3.37. The first-order valence-electron chi connectivity index (χ1n) is 8.26. The predicted octanol–water partition coefficient (Wildman–Crippen LogP) is 2.27. The van der Waals surface area contributed by atoms with Gasteiger partial charge in [-0.3, -0.25) is 0 Å². The van der Waals surface area contributed by atoms with Gasteiger partial charge < -0.3 is 20.1 Å². The molecule has 1 aliphatic rings. The van der Waals surface area contributed by atoms with E-state index in [2.05, 4.69) is 27.1 Å². The Morgan fingerprint density at radius 3 is 2.56 bits per heavy atom. The quantitative estimate of drug-likeness (QED) is 0.862. The minimum atomic E-state index is -0.917. The number of ether oxygens (including phenoxy) is 1. The molecule has 7 nitrogen and oxygen atoms in total. The summed E-state index contributed by atoms with van der Waals surface area (Å²) < 4.78 is 5.75. The molecule has 25 heavy (non-hydrogen) atoms. The number of benzene rings is 1. The van der Waals surface area contributed by atoms with Crippen LogP contribution in [-0.4, -0.2) is 52.9 Å². The van der Waals surface area contributed by atoms with E-state index in [9.17, 15) is 4.79 Å². The van der Waals surface area contributed by atoms with Gasteiger partial charge >= 0.3 is 5.97 Å². The lowest BCUT2D eigenvalue weighted by Gasteiger charge is -2.44. The summed E-state index contributed by atoms with van der Waals surface area (Å²) in [6, 6.07) is 8.97. The van der Waals surface area contributed by atoms with Crippen LogP contribution in [-0.2, 0) is 4.74 Å². The summed E-state index contributed by atoms with van der Waals surface area (Å²) in [5.74, 6) is -0.318. The maximum absolute atomic E-state index is 11.0. The normalized spacial score (nSPS) is 23.3. The summed E-state index contributed by atoms with van der Waals surface area (Å²) in [5.41, 5.74) is 1.28. The van der Waals surface area contributed by atoms with Gasteiger partial charge in [-0.05, 0) is 43.7 Å². The van der Waals surface area contributed by atoms with Crippen LogP contribution in [0.4, 0.5) is 11.6 Å². The van der Waals surface area contributed by atoms with Crippen molar-refractivity contribution < 1.29 is 14.6 Å². The lowest BCUT2D eigenvalue weighted by atomic mass is 9.94. The fraction of sp³-hybridized carbons (Fsp3) is 0.389. The highest BCUT2D eigenvalue weighted by Crippen LogP contribution is 2.28. The molecule has 0 saturated carbocycles. The molecule has 0 bridgehead atoms. The lowest BCUT2D eigenvalue weighted by molar-refractivity contribution is 0.0527. The number of aromatic nitrogens is 2. The molecule has 132 valence electrons. The zero-order chi connectivity index (χ0) is 17.8. The molecule has 2 aromatic rings. The molecular formula is C18H22N4O3. The van der Waals surface area contributed by atoms with Gasteiger partial charge in [0.25, 0.3) is 0 Å². The van der Waals surface area contributed by atoms with E-state index in [4.69, 9.17) is 9.84 Å². The minimum Gasteiger partial charge on any atom is -0.478 e. The zero-order valence-corrected chi connectivity index (χ0v) is 14.3. The molecule has 2 heterocycles. The third-order valence-electron chi connectivity index (χ3n) is 4.64. The molecule has 1 aromatic heterocycles. The Bertz CT molecular complexity index is 708. The molecule has 0 amide bonds. The van der Waals surface area contributed by atoms with Crippen LogP contribution < -0.4 is 10.2 Å². The SMILES string of the molecule is CO[C@@H]1[C@@H](Nc2ncccn2)CCN(c2ccc(C(=O)O)cc2)[C@@H]1C. The summed E-state index contributed by atoms with van der Waals surface area (Å²) in [7, 11) is 1.71. The molecule has 3 atom stereocenters. The van der Waals surface area contributed by atoms with Gasteiger partial charge in [0.05, 0.1) is 23.8 Å². The number of nitrogens with zero attached hydrogens (tertiary/aromatic N) is 3. The molecule has 1 aromatic carbocycles. The summed E-state index contributed by atoms with van der Waals surface area (Å²) in [6.45, 7) is 2.94. The first kappa shape index (κ1) is 17.2. The van der Waals surface area contributed by atoms with Crippen molar-refractivity contribution in [1.82, 2.24) is 9.97 Å². The smallest absolute Gasteiger partial charge is 0.335 e. The van der Waals surface area contributed by atoms with E-state index in [0.717, 1.165) is 18.7 Å². The Kier molecular flexibility index (Phi) is 5.14. The van der Waals surface area contributed by atoms with Crippen molar-refractivity contribution in [2.24, 2.45) is 0 Å². The summed E-state index contributed by atoms with van der Waals surface area (Å²) in [4.78, 5) is 21.7. The van der Waals surface area contributed by atoms with E-state index in [1.165, 1.54) is 0 Å². The standard InChI is InChI=1S/C18H22N4O3/c1-12-16(25-2)15(21-18-19-9-3-10-20-18)8-11-22(12)14-6-4-13(5-7-14)17(23)24/h3-7,9-10,12,15-16H,8,11H2,1-2H3,(H,23,24)(H,19,20,21)/t12-,15+,16+/m1/s1. The van der Waals surface area contributed by atoms with E-state index >= 15 is 0 Å². The molecule has 0 unspecified atom stereocenters. The Morgan fingerprint density at radius 2 is 1.96 bits per heavy atom. The van der Waals surface area contributed by atoms with Crippen LogP contribution in [0.15, 0.2) is 42.7 Å². The van der Waals surface area contributed by atoms with Crippen molar-refractivity contribution >= 4 is 17.6 Å². The maximum Gasteiger partial charge on any atom is 0.335 e. The molecular weight excluding hydrogens is 320 g/mol. The Morgan fingerprint density at radius 1 is 1.28 bits per heavy atom. The number of nitrogens with one attached hydrogen (secondary N) is 1.